The van der Waals surface area contributed by atoms with Gasteiger partial charge in [-0.15, -0.1) is 0 Å². The van der Waals surface area contributed by atoms with Crippen LogP contribution in [0.15, 0.2) is 24.3 Å². The van der Waals surface area contributed by atoms with E-state index in [9.17, 15) is 9.90 Å². The predicted octanol–water partition coefficient (Wildman–Crippen LogP) is 2.41. The van der Waals surface area contributed by atoms with E-state index in [0.29, 0.717) is 23.1 Å². The van der Waals surface area contributed by atoms with Gasteiger partial charge in [0.15, 0.2) is 0 Å². The Balaban J connectivity index is 1.28. The molecule has 0 spiro atoms. The fourth-order valence-electron chi connectivity index (χ4n) is 5.22. The molecule has 29 heavy (non-hydrogen) atoms. The van der Waals surface area contributed by atoms with Crippen molar-refractivity contribution in [2.75, 3.05) is 46.4 Å². The quantitative estimate of drug-likeness (QED) is 0.738. The van der Waals surface area contributed by atoms with Crippen molar-refractivity contribution in [2.24, 2.45) is 11.8 Å². The number of benzene rings is 1. The summed E-state index contributed by atoms with van der Waals surface area (Å²) in [6.45, 7) is 7.05. The molecule has 0 bridgehead atoms. The molecule has 4 atom stereocenters. The van der Waals surface area contributed by atoms with Crippen molar-refractivity contribution in [2.45, 2.75) is 44.3 Å². The average Bonchev–Trinajstić information content (AvgIpc) is 3.14. The maximum Gasteiger partial charge on any atom is 0.337 e. The van der Waals surface area contributed by atoms with Gasteiger partial charge in [-0.2, -0.15) is 0 Å². The first-order chi connectivity index (χ1) is 14.1. The van der Waals surface area contributed by atoms with Crippen molar-refractivity contribution in [3.8, 4) is 5.75 Å². The molecule has 3 aliphatic rings. The Morgan fingerprint density at radius 3 is 2.34 bits per heavy atom. The van der Waals surface area contributed by atoms with Gasteiger partial charge >= 0.3 is 5.97 Å². The smallest absolute Gasteiger partial charge is 0.337 e. The normalized spacial score (nSPS) is 30.7. The van der Waals surface area contributed by atoms with Crippen LogP contribution < -0.4 is 4.74 Å². The predicted molar refractivity (Wildman–Crippen MR) is 111 cm³/mol. The highest BCUT2D eigenvalue weighted by Gasteiger charge is 2.42. The Bertz CT molecular complexity index is 674. The van der Waals surface area contributed by atoms with E-state index >= 15 is 0 Å². The number of ether oxygens (including phenoxy) is 2. The van der Waals surface area contributed by atoms with Crippen LogP contribution in [0, 0.1) is 11.8 Å². The second-order valence-electron chi connectivity index (χ2n) is 8.89. The molecule has 1 aromatic rings. The molecule has 0 unspecified atom stereocenters. The Hall–Kier alpha value is -1.63. The first-order valence-electron chi connectivity index (χ1n) is 11.1. The maximum atomic E-state index is 11.6. The summed E-state index contributed by atoms with van der Waals surface area (Å²) in [5.41, 5.74) is 0.504. The van der Waals surface area contributed by atoms with E-state index in [1.807, 2.05) is 0 Å². The number of piperidine rings is 1. The lowest BCUT2D eigenvalue weighted by molar-refractivity contribution is -0.0231. The van der Waals surface area contributed by atoms with Crippen molar-refractivity contribution < 1.29 is 19.4 Å². The van der Waals surface area contributed by atoms with E-state index in [1.54, 1.807) is 24.3 Å². The number of likely N-dealkylation sites (tertiary alicyclic amines) is 2. The molecule has 6 nitrogen and oxygen atoms in total. The van der Waals surface area contributed by atoms with Crippen molar-refractivity contribution in [1.29, 1.82) is 0 Å². The van der Waals surface area contributed by atoms with Crippen LogP contribution in [0.4, 0.5) is 0 Å². The van der Waals surface area contributed by atoms with Crippen LogP contribution in [0.2, 0.25) is 0 Å². The summed E-state index contributed by atoms with van der Waals surface area (Å²) in [7, 11) is 1.37. The van der Waals surface area contributed by atoms with E-state index in [4.69, 9.17) is 9.47 Å². The monoisotopic (exact) mass is 402 g/mol. The van der Waals surface area contributed by atoms with E-state index in [2.05, 4.69) is 9.80 Å². The number of esters is 1. The number of hydrogen-bond acceptors (Lipinski definition) is 6. The average molecular weight is 403 g/mol. The number of aliphatic hydroxyl groups excluding tert-OH is 1. The minimum Gasteiger partial charge on any atom is -0.488 e. The van der Waals surface area contributed by atoms with E-state index in [1.165, 1.54) is 46.0 Å². The molecule has 4 rings (SSSR count). The van der Waals surface area contributed by atoms with Gasteiger partial charge < -0.3 is 24.4 Å². The maximum absolute atomic E-state index is 11.6. The molecule has 2 heterocycles. The van der Waals surface area contributed by atoms with Crippen LogP contribution in [-0.2, 0) is 4.74 Å². The molecule has 0 amide bonds. The lowest BCUT2D eigenvalue weighted by atomic mass is 9.78. The molecule has 2 aliphatic heterocycles. The lowest BCUT2D eigenvalue weighted by Crippen LogP contribution is -2.42. The van der Waals surface area contributed by atoms with Crippen LogP contribution in [0.5, 0.6) is 5.75 Å². The lowest BCUT2D eigenvalue weighted by Gasteiger charge is -2.35. The highest BCUT2D eigenvalue weighted by molar-refractivity contribution is 5.89. The van der Waals surface area contributed by atoms with E-state index in [0.717, 1.165) is 32.5 Å². The zero-order valence-corrected chi connectivity index (χ0v) is 17.5. The first kappa shape index (κ1) is 20.6. The third-order valence-electron chi connectivity index (χ3n) is 6.90. The molecule has 160 valence electrons. The van der Waals surface area contributed by atoms with Gasteiger partial charge in [-0.25, -0.2) is 4.79 Å². The van der Waals surface area contributed by atoms with Crippen LogP contribution >= 0.6 is 0 Å². The largest absolute Gasteiger partial charge is 0.488 e. The number of nitrogens with zero attached hydrogens (tertiary/aromatic N) is 2. The fourth-order valence-corrected chi connectivity index (χ4v) is 5.22. The molecule has 3 fully saturated rings. The third kappa shape index (κ3) is 5.11. The zero-order chi connectivity index (χ0) is 20.2. The molecular weight excluding hydrogens is 368 g/mol. The van der Waals surface area contributed by atoms with Gasteiger partial charge in [-0.05, 0) is 74.9 Å². The molecule has 1 aliphatic carbocycles. The summed E-state index contributed by atoms with van der Waals surface area (Å²) in [4.78, 5) is 16.8. The van der Waals surface area contributed by atoms with Gasteiger partial charge in [-0.1, -0.05) is 6.42 Å². The topological polar surface area (TPSA) is 62.2 Å². The van der Waals surface area contributed by atoms with Gasteiger partial charge in [-0.3, -0.25) is 0 Å². The minimum atomic E-state index is -0.432. The molecular formula is C23H34N2O4. The number of carbonyl (C=O) groups is 1. The van der Waals surface area contributed by atoms with E-state index in [-0.39, 0.29) is 12.1 Å². The Morgan fingerprint density at radius 2 is 1.66 bits per heavy atom. The highest BCUT2D eigenvalue weighted by atomic mass is 16.5. The second-order valence-corrected chi connectivity index (χ2v) is 8.89. The number of methoxy groups -OCH3 is 1. The summed E-state index contributed by atoms with van der Waals surface area (Å²) in [6, 6.07) is 6.98. The van der Waals surface area contributed by atoms with Crippen molar-refractivity contribution in [1.82, 2.24) is 9.80 Å². The summed E-state index contributed by atoms with van der Waals surface area (Å²) >= 11 is 0. The summed E-state index contributed by atoms with van der Waals surface area (Å²) in [5.74, 6) is 1.51. The van der Waals surface area contributed by atoms with Gasteiger partial charge in [0.05, 0.1) is 18.8 Å². The van der Waals surface area contributed by atoms with Gasteiger partial charge in [0, 0.05) is 26.2 Å². The zero-order valence-electron chi connectivity index (χ0n) is 17.5. The molecule has 0 aromatic heterocycles. The van der Waals surface area contributed by atoms with Crippen LogP contribution in [0.25, 0.3) is 0 Å². The van der Waals surface area contributed by atoms with E-state index < -0.39 is 6.10 Å². The van der Waals surface area contributed by atoms with Crippen LogP contribution in [-0.4, -0.2) is 79.5 Å². The molecule has 0 radical (unpaired) electrons. The number of rotatable bonds is 6. The summed E-state index contributed by atoms with van der Waals surface area (Å²) in [5, 5.41) is 10.7. The van der Waals surface area contributed by atoms with Gasteiger partial charge in [0.1, 0.15) is 11.9 Å². The molecule has 2 saturated heterocycles. The number of aliphatic hydroxyl groups is 1. The summed E-state index contributed by atoms with van der Waals surface area (Å²) < 4.78 is 10.8. The molecule has 1 N–H and O–H groups in total. The Labute approximate surface area is 173 Å². The Kier molecular flexibility index (Phi) is 6.73. The highest BCUT2D eigenvalue weighted by Crippen LogP contribution is 2.38. The summed E-state index contributed by atoms with van der Waals surface area (Å²) in [6.07, 6.45) is 5.17. The Morgan fingerprint density at radius 1 is 1.00 bits per heavy atom. The van der Waals surface area contributed by atoms with Gasteiger partial charge in [0.25, 0.3) is 0 Å². The van der Waals surface area contributed by atoms with Gasteiger partial charge in [0.2, 0.25) is 0 Å². The molecule has 6 heteroatoms. The SMILES string of the molecule is COC(=O)c1ccc(O[C@H]2C[C@@H]3CN(CCN4CCCCC4)C[C@@H]3C[C@@H]2O)cc1. The van der Waals surface area contributed by atoms with Crippen molar-refractivity contribution >= 4 is 5.97 Å². The van der Waals surface area contributed by atoms with Crippen molar-refractivity contribution in [3.05, 3.63) is 29.8 Å². The standard InChI is InChI=1S/C23H34N2O4/c1-28-23(27)17-5-7-20(8-6-17)29-22-14-19-16-25(15-18(19)13-21(22)26)12-11-24-9-3-2-4-10-24/h5-8,18-19,21-22,26H,2-4,9-16H2,1H3/t18-,19+,21-,22-/m0/s1. The fraction of sp³-hybridized carbons (Fsp3) is 0.696. The molecule has 1 aromatic carbocycles. The molecule has 1 saturated carbocycles. The first-order valence-corrected chi connectivity index (χ1v) is 11.1. The number of carbonyl (C=O) groups excluding carboxylic acids is 1. The number of fused-ring (bicyclic) bond motifs is 1. The van der Waals surface area contributed by atoms with Crippen molar-refractivity contribution in [3.63, 3.8) is 0 Å². The third-order valence-corrected chi connectivity index (χ3v) is 6.90. The number of hydrogen-bond donors (Lipinski definition) is 1. The van der Waals surface area contributed by atoms with Crippen LogP contribution in [0.1, 0.15) is 42.5 Å². The van der Waals surface area contributed by atoms with Crippen LogP contribution in [0.3, 0.4) is 0 Å². The minimum absolute atomic E-state index is 0.178. The second kappa shape index (κ2) is 9.45.